The summed E-state index contributed by atoms with van der Waals surface area (Å²) in [5, 5.41) is 6.25. The Labute approximate surface area is 97.5 Å². The first-order valence-electron chi connectivity index (χ1n) is 5.32. The molecule has 2 atom stereocenters. The summed E-state index contributed by atoms with van der Waals surface area (Å²) in [6.45, 7) is 6.76. The Balaban J connectivity index is 0.00000196. The second-order valence-electron chi connectivity index (χ2n) is 3.78. The van der Waals surface area contributed by atoms with Crippen LogP contribution in [0.15, 0.2) is 0 Å². The quantitative estimate of drug-likeness (QED) is 0.750. The summed E-state index contributed by atoms with van der Waals surface area (Å²) in [5.41, 5.74) is 0. The minimum absolute atomic E-state index is 0. The minimum atomic E-state index is -0.00704. The second-order valence-corrected chi connectivity index (χ2v) is 3.78. The first kappa shape index (κ1) is 14.7. The molecule has 1 amide bonds. The van der Waals surface area contributed by atoms with E-state index in [2.05, 4.69) is 17.6 Å². The van der Waals surface area contributed by atoms with Gasteiger partial charge in [-0.2, -0.15) is 0 Å². The highest BCUT2D eigenvalue weighted by Crippen LogP contribution is 2.10. The molecule has 0 aromatic carbocycles. The van der Waals surface area contributed by atoms with Crippen LogP contribution in [0.3, 0.4) is 0 Å². The summed E-state index contributed by atoms with van der Waals surface area (Å²) >= 11 is 0. The van der Waals surface area contributed by atoms with Crippen molar-refractivity contribution in [3.05, 3.63) is 0 Å². The lowest BCUT2D eigenvalue weighted by atomic mass is 9.95. The molecule has 1 aliphatic rings. The molecular weight excluding hydrogens is 216 g/mol. The van der Waals surface area contributed by atoms with Crippen molar-refractivity contribution in [3.8, 4) is 0 Å². The van der Waals surface area contributed by atoms with Gasteiger partial charge in [-0.25, -0.2) is 0 Å². The standard InChI is InChI=1S/C10H20N2O2.ClH/c1-3-14-7-10(13)12-9-6-11-5-4-8(9)2;/h8-9,11H,3-7H2,1-2H3,(H,12,13);1H. The zero-order chi connectivity index (χ0) is 10.4. The van der Waals surface area contributed by atoms with Gasteiger partial charge in [0, 0.05) is 19.2 Å². The zero-order valence-electron chi connectivity index (χ0n) is 9.41. The van der Waals surface area contributed by atoms with Gasteiger partial charge in [-0.3, -0.25) is 4.79 Å². The molecule has 1 rings (SSSR count). The van der Waals surface area contributed by atoms with Gasteiger partial charge in [-0.1, -0.05) is 6.92 Å². The molecule has 0 aliphatic carbocycles. The molecule has 0 bridgehead atoms. The minimum Gasteiger partial charge on any atom is -0.372 e. The van der Waals surface area contributed by atoms with Crippen LogP contribution >= 0.6 is 12.4 Å². The van der Waals surface area contributed by atoms with Crippen LogP contribution in [-0.4, -0.2) is 38.3 Å². The fraction of sp³-hybridized carbons (Fsp3) is 0.900. The number of rotatable bonds is 4. The SMILES string of the molecule is CCOCC(=O)NC1CNCCC1C.Cl. The molecule has 0 spiro atoms. The Morgan fingerprint density at radius 1 is 1.60 bits per heavy atom. The maximum absolute atomic E-state index is 11.4. The van der Waals surface area contributed by atoms with Crippen molar-refractivity contribution in [2.75, 3.05) is 26.3 Å². The lowest BCUT2D eigenvalue weighted by Gasteiger charge is -2.30. The average Bonchev–Trinajstić information content (AvgIpc) is 2.18. The molecule has 0 saturated carbocycles. The number of piperidine rings is 1. The summed E-state index contributed by atoms with van der Waals surface area (Å²) in [5.74, 6) is 0.550. The lowest BCUT2D eigenvalue weighted by Crippen LogP contribution is -2.51. The normalized spacial score (nSPS) is 25.5. The number of hydrogen-bond donors (Lipinski definition) is 2. The van der Waals surface area contributed by atoms with Crippen molar-refractivity contribution in [1.82, 2.24) is 10.6 Å². The van der Waals surface area contributed by atoms with Crippen LogP contribution < -0.4 is 10.6 Å². The molecule has 2 unspecified atom stereocenters. The summed E-state index contributed by atoms with van der Waals surface area (Å²) < 4.78 is 5.04. The number of halogens is 1. The fourth-order valence-corrected chi connectivity index (χ4v) is 1.63. The Morgan fingerprint density at radius 2 is 2.33 bits per heavy atom. The molecule has 15 heavy (non-hydrogen) atoms. The number of nitrogens with one attached hydrogen (secondary N) is 2. The third-order valence-electron chi connectivity index (χ3n) is 2.61. The first-order valence-corrected chi connectivity index (χ1v) is 5.32. The van der Waals surface area contributed by atoms with Crippen LogP contribution in [0.4, 0.5) is 0 Å². The highest BCUT2D eigenvalue weighted by atomic mass is 35.5. The van der Waals surface area contributed by atoms with E-state index in [1.807, 2.05) is 6.92 Å². The van der Waals surface area contributed by atoms with E-state index in [1.54, 1.807) is 0 Å². The van der Waals surface area contributed by atoms with Gasteiger partial charge in [0.15, 0.2) is 0 Å². The molecule has 1 aliphatic heterocycles. The maximum atomic E-state index is 11.4. The molecule has 4 nitrogen and oxygen atoms in total. The van der Waals surface area contributed by atoms with E-state index in [1.165, 1.54) is 0 Å². The Kier molecular flexibility index (Phi) is 7.74. The van der Waals surface area contributed by atoms with Crippen LogP contribution in [0.1, 0.15) is 20.3 Å². The molecular formula is C10H21ClN2O2. The Morgan fingerprint density at radius 3 is 2.93 bits per heavy atom. The summed E-state index contributed by atoms with van der Waals surface area (Å²) in [6, 6.07) is 0.261. The maximum Gasteiger partial charge on any atom is 0.246 e. The van der Waals surface area contributed by atoms with E-state index < -0.39 is 0 Å². The molecule has 1 heterocycles. The van der Waals surface area contributed by atoms with Crippen molar-refractivity contribution >= 4 is 18.3 Å². The molecule has 0 radical (unpaired) electrons. The molecule has 2 N–H and O–H groups in total. The predicted octanol–water partition coefficient (Wildman–Crippen LogP) is 0.559. The number of ether oxygens (including phenoxy) is 1. The smallest absolute Gasteiger partial charge is 0.246 e. The molecule has 5 heteroatoms. The lowest BCUT2D eigenvalue weighted by molar-refractivity contribution is -0.126. The number of hydrogen-bond acceptors (Lipinski definition) is 3. The largest absolute Gasteiger partial charge is 0.372 e. The van der Waals surface area contributed by atoms with E-state index >= 15 is 0 Å². The van der Waals surface area contributed by atoms with Crippen molar-refractivity contribution in [2.45, 2.75) is 26.3 Å². The topological polar surface area (TPSA) is 50.4 Å². The summed E-state index contributed by atoms with van der Waals surface area (Å²) in [4.78, 5) is 11.4. The predicted molar refractivity (Wildman–Crippen MR) is 62.3 cm³/mol. The first-order chi connectivity index (χ1) is 6.74. The van der Waals surface area contributed by atoms with E-state index in [0.717, 1.165) is 19.5 Å². The van der Waals surface area contributed by atoms with Crippen LogP contribution in [0.5, 0.6) is 0 Å². The van der Waals surface area contributed by atoms with Gasteiger partial charge in [0.2, 0.25) is 5.91 Å². The number of amides is 1. The van der Waals surface area contributed by atoms with Crippen LogP contribution in [0.25, 0.3) is 0 Å². The van der Waals surface area contributed by atoms with E-state index in [-0.39, 0.29) is 31.0 Å². The van der Waals surface area contributed by atoms with Gasteiger partial charge in [0.05, 0.1) is 0 Å². The average molecular weight is 237 g/mol. The molecule has 90 valence electrons. The monoisotopic (exact) mass is 236 g/mol. The molecule has 1 fully saturated rings. The van der Waals surface area contributed by atoms with E-state index in [4.69, 9.17) is 4.74 Å². The fourth-order valence-electron chi connectivity index (χ4n) is 1.63. The van der Waals surface area contributed by atoms with Gasteiger partial charge in [0.1, 0.15) is 6.61 Å². The molecule has 0 aromatic rings. The Hall–Kier alpha value is -0.320. The van der Waals surface area contributed by atoms with Crippen molar-refractivity contribution in [1.29, 1.82) is 0 Å². The molecule has 0 aromatic heterocycles. The van der Waals surface area contributed by atoms with Crippen molar-refractivity contribution < 1.29 is 9.53 Å². The van der Waals surface area contributed by atoms with Crippen molar-refractivity contribution in [3.63, 3.8) is 0 Å². The zero-order valence-corrected chi connectivity index (χ0v) is 10.2. The second kappa shape index (κ2) is 7.91. The highest BCUT2D eigenvalue weighted by molar-refractivity contribution is 5.85. The van der Waals surface area contributed by atoms with Crippen molar-refractivity contribution in [2.24, 2.45) is 5.92 Å². The third-order valence-corrected chi connectivity index (χ3v) is 2.61. The number of carbonyl (C=O) groups is 1. The molecule has 1 saturated heterocycles. The van der Waals surface area contributed by atoms with Gasteiger partial charge in [-0.05, 0) is 25.8 Å². The van der Waals surface area contributed by atoms with Gasteiger partial charge >= 0.3 is 0 Å². The summed E-state index contributed by atoms with van der Waals surface area (Å²) in [7, 11) is 0. The van der Waals surface area contributed by atoms with Gasteiger partial charge in [-0.15, -0.1) is 12.4 Å². The van der Waals surface area contributed by atoms with Crippen LogP contribution in [0.2, 0.25) is 0 Å². The van der Waals surface area contributed by atoms with Gasteiger partial charge in [0.25, 0.3) is 0 Å². The Bertz CT molecular complexity index is 190. The highest BCUT2D eigenvalue weighted by Gasteiger charge is 2.22. The van der Waals surface area contributed by atoms with Crippen LogP contribution in [0, 0.1) is 5.92 Å². The summed E-state index contributed by atoms with van der Waals surface area (Å²) in [6.07, 6.45) is 1.12. The third kappa shape index (κ3) is 5.35. The van der Waals surface area contributed by atoms with E-state index in [9.17, 15) is 4.79 Å². The van der Waals surface area contributed by atoms with E-state index in [0.29, 0.717) is 12.5 Å². The van der Waals surface area contributed by atoms with Crippen LogP contribution in [-0.2, 0) is 9.53 Å². The van der Waals surface area contributed by atoms with Gasteiger partial charge < -0.3 is 15.4 Å². The number of carbonyl (C=O) groups excluding carboxylic acids is 1.